The molecule has 104 valence electrons. The van der Waals surface area contributed by atoms with Gasteiger partial charge < -0.3 is 16.0 Å². The summed E-state index contributed by atoms with van der Waals surface area (Å²) in [6.07, 6.45) is 2.87. The standard InChI is InChI=1S/C15H23N3O/c1-18(9-8-15(19)17-14-6-7-14)11-13-4-2-12(10-16)3-5-13/h2-5,14H,6-11,16H2,1H3,(H,17,19). The van der Waals surface area contributed by atoms with Crippen LogP contribution >= 0.6 is 0 Å². The third-order valence-electron chi connectivity index (χ3n) is 3.37. The summed E-state index contributed by atoms with van der Waals surface area (Å²) < 4.78 is 0. The largest absolute Gasteiger partial charge is 0.353 e. The third-order valence-corrected chi connectivity index (χ3v) is 3.37. The Kier molecular flexibility index (Phi) is 4.93. The van der Waals surface area contributed by atoms with Gasteiger partial charge in [-0.05, 0) is 31.0 Å². The predicted molar refractivity (Wildman–Crippen MR) is 76.4 cm³/mol. The molecule has 0 aromatic heterocycles. The number of hydrogen-bond acceptors (Lipinski definition) is 3. The van der Waals surface area contributed by atoms with Gasteiger partial charge >= 0.3 is 0 Å². The van der Waals surface area contributed by atoms with Gasteiger partial charge in [0.25, 0.3) is 0 Å². The summed E-state index contributed by atoms with van der Waals surface area (Å²) in [5.74, 6) is 0.174. The van der Waals surface area contributed by atoms with Crippen LogP contribution in [0.25, 0.3) is 0 Å². The minimum Gasteiger partial charge on any atom is -0.353 e. The van der Waals surface area contributed by atoms with Crippen molar-refractivity contribution in [2.45, 2.75) is 38.4 Å². The normalized spacial score (nSPS) is 14.7. The van der Waals surface area contributed by atoms with Gasteiger partial charge in [-0.1, -0.05) is 24.3 Å². The van der Waals surface area contributed by atoms with Crippen LogP contribution < -0.4 is 11.1 Å². The molecule has 1 aromatic rings. The summed E-state index contributed by atoms with van der Waals surface area (Å²) in [6.45, 7) is 2.23. The number of nitrogens with two attached hydrogens (primary N) is 1. The molecule has 1 saturated carbocycles. The van der Waals surface area contributed by atoms with Gasteiger partial charge in [0.05, 0.1) is 0 Å². The van der Waals surface area contributed by atoms with E-state index in [1.165, 1.54) is 5.56 Å². The van der Waals surface area contributed by atoms with E-state index in [1.807, 2.05) is 7.05 Å². The molecule has 0 radical (unpaired) electrons. The lowest BCUT2D eigenvalue weighted by atomic mass is 10.1. The lowest BCUT2D eigenvalue weighted by Gasteiger charge is -2.16. The van der Waals surface area contributed by atoms with Crippen LogP contribution in [0.4, 0.5) is 0 Å². The number of hydrogen-bond donors (Lipinski definition) is 2. The summed E-state index contributed by atoms with van der Waals surface area (Å²) >= 11 is 0. The molecule has 4 nitrogen and oxygen atoms in total. The second-order valence-electron chi connectivity index (χ2n) is 5.35. The average Bonchev–Trinajstić information content (AvgIpc) is 3.21. The van der Waals surface area contributed by atoms with Crippen LogP contribution in [0.3, 0.4) is 0 Å². The van der Waals surface area contributed by atoms with E-state index >= 15 is 0 Å². The van der Waals surface area contributed by atoms with Crippen molar-refractivity contribution in [3.8, 4) is 0 Å². The van der Waals surface area contributed by atoms with Crippen molar-refractivity contribution in [1.82, 2.24) is 10.2 Å². The van der Waals surface area contributed by atoms with Crippen molar-refractivity contribution in [2.24, 2.45) is 5.73 Å². The number of nitrogens with one attached hydrogen (secondary N) is 1. The van der Waals surface area contributed by atoms with Crippen LogP contribution in [0.15, 0.2) is 24.3 Å². The molecular weight excluding hydrogens is 238 g/mol. The van der Waals surface area contributed by atoms with E-state index in [9.17, 15) is 4.79 Å². The first-order valence-electron chi connectivity index (χ1n) is 6.93. The maximum Gasteiger partial charge on any atom is 0.221 e. The molecule has 1 amide bonds. The number of benzene rings is 1. The second-order valence-corrected chi connectivity index (χ2v) is 5.35. The quantitative estimate of drug-likeness (QED) is 0.776. The third kappa shape index (κ3) is 5.01. The molecule has 0 heterocycles. The Morgan fingerprint density at radius 3 is 2.53 bits per heavy atom. The summed E-state index contributed by atoms with van der Waals surface area (Å²) in [7, 11) is 2.04. The van der Waals surface area contributed by atoms with Crippen LogP contribution in [-0.2, 0) is 17.9 Å². The molecule has 1 aliphatic carbocycles. The molecule has 0 bridgehead atoms. The van der Waals surface area contributed by atoms with Crippen LogP contribution in [0.1, 0.15) is 30.4 Å². The lowest BCUT2D eigenvalue weighted by Crippen LogP contribution is -2.29. The van der Waals surface area contributed by atoms with Gasteiger partial charge in [-0.25, -0.2) is 0 Å². The van der Waals surface area contributed by atoms with E-state index in [0.717, 1.165) is 31.5 Å². The first-order valence-corrected chi connectivity index (χ1v) is 6.93. The Morgan fingerprint density at radius 2 is 1.95 bits per heavy atom. The highest BCUT2D eigenvalue weighted by atomic mass is 16.1. The van der Waals surface area contributed by atoms with Crippen molar-refractivity contribution in [2.75, 3.05) is 13.6 Å². The Balaban J connectivity index is 1.70. The van der Waals surface area contributed by atoms with Crippen molar-refractivity contribution < 1.29 is 4.79 Å². The van der Waals surface area contributed by atoms with Crippen molar-refractivity contribution >= 4 is 5.91 Å². The monoisotopic (exact) mass is 261 g/mol. The summed E-state index contributed by atoms with van der Waals surface area (Å²) in [6, 6.07) is 8.78. The summed E-state index contributed by atoms with van der Waals surface area (Å²) in [4.78, 5) is 13.8. The zero-order valence-electron chi connectivity index (χ0n) is 11.6. The number of amides is 1. The van der Waals surface area contributed by atoms with E-state index in [4.69, 9.17) is 5.73 Å². The molecule has 1 fully saturated rings. The topological polar surface area (TPSA) is 58.4 Å². The Bertz CT molecular complexity index is 412. The SMILES string of the molecule is CN(CCC(=O)NC1CC1)Cc1ccc(CN)cc1. The van der Waals surface area contributed by atoms with Gasteiger partial charge in [0.15, 0.2) is 0 Å². The smallest absolute Gasteiger partial charge is 0.221 e. The van der Waals surface area contributed by atoms with Crippen LogP contribution in [-0.4, -0.2) is 30.4 Å². The lowest BCUT2D eigenvalue weighted by molar-refractivity contribution is -0.121. The van der Waals surface area contributed by atoms with E-state index in [1.54, 1.807) is 0 Å². The molecule has 0 aliphatic heterocycles. The summed E-state index contributed by atoms with van der Waals surface area (Å²) in [5, 5.41) is 3.01. The van der Waals surface area contributed by atoms with Gasteiger partial charge in [-0.3, -0.25) is 4.79 Å². The Hall–Kier alpha value is -1.39. The second kappa shape index (κ2) is 6.68. The highest BCUT2D eigenvalue weighted by Gasteiger charge is 2.22. The minimum absolute atomic E-state index is 0.174. The Morgan fingerprint density at radius 1 is 1.32 bits per heavy atom. The van der Waals surface area contributed by atoms with E-state index < -0.39 is 0 Å². The molecule has 0 atom stereocenters. The number of rotatable bonds is 7. The molecule has 3 N–H and O–H groups in total. The van der Waals surface area contributed by atoms with E-state index in [-0.39, 0.29) is 5.91 Å². The molecule has 0 saturated heterocycles. The fraction of sp³-hybridized carbons (Fsp3) is 0.533. The molecule has 1 aliphatic rings. The van der Waals surface area contributed by atoms with E-state index in [0.29, 0.717) is 19.0 Å². The molecule has 1 aromatic carbocycles. The number of carbonyl (C=O) groups is 1. The van der Waals surface area contributed by atoms with Gasteiger partial charge in [-0.2, -0.15) is 0 Å². The molecule has 4 heteroatoms. The molecule has 0 spiro atoms. The highest BCUT2D eigenvalue weighted by Crippen LogP contribution is 2.18. The maximum absolute atomic E-state index is 11.6. The molecule has 2 rings (SSSR count). The molecule has 0 unspecified atom stereocenters. The van der Waals surface area contributed by atoms with Gasteiger partial charge in [-0.15, -0.1) is 0 Å². The first kappa shape index (κ1) is 14.0. The van der Waals surface area contributed by atoms with E-state index in [2.05, 4.69) is 34.5 Å². The minimum atomic E-state index is 0.174. The van der Waals surface area contributed by atoms with Gasteiger partial charge in [0.2, 0.25) is 5.91 Å². The number of carbonyl (C=O) groups excluding carboxylic acids is 1. The fourth-order valence-electron chi connectivity index (χ4n) is 1.99. The zero-order valence-corrected chi connectivity index (χ0v) is 11.6. The predicted octanol–water partition coefficient (Wildman–Crippen LogP) is 1.25. The van der Waals surface area contributed by atoms with Crippen molar-refractivity contribution in [3.63, 3.8) is 0 Å². The Labute approximate surface area is 115 Å². The number of nitrogens with zero attached hydrogens (tertiary/aromatic N) is 1. The van der Waals surface area contributed by atoms with Crippen LogP contribution in [0.2, 0.25) is 0 Å². The van der Waals surface area contributed by atoms with Crippen LogP contribution in [0, 0.1) is 0 Å². The van der Waals surface area contributed by atoms with Gasteiger partial charge in [0, 0.05) is 32.1 Å². The van der Waals surface area contributed by atoms with Crippen molar-refractivity contribution in [1.29, 1.82) is 0 Å². The zero-order chi connectivity index (χ0) is 13.7. The first-order chi connectivity index (χ1) is 9.17. The molecular formula is C15H23N3O. The maximum atomic E-state index is 11.6. The summed E-state index contributed by atoms with van der Waals surface area (Å²) in [5.41, 5.74) is 7.97. The van der Waals surface area contributed by atoms with Crippen LogP contribution in [0.5, 0.6) is 0 Å². The average molecular weight is 261 g/mol. The highest BCUT2D eigenvalue weighted by molar-refractivity contribution is 5.76. The van der Waals surface area contributed by atoms with Gasteiger partial charge in [0.1, 0.15) is 0 Å². The molecule has 19 heavy (non-hydrogen) atoms. The fourth-order valence-corrected chi connectivity index (χ4v) is 1.99. The van der Waals surface area contributed by atoms with Crippen molar-refractivity contribution in [3.05, 3.63) is 35.4 Å².